The normalized spacial score (nSPS) is 20.2. The van der Waals surface area contributed by atoms with Crippen LogP contribution in [-0.4, -0.2) is 15.2 Å². The standard InChI is InChI=1S/C14H12Cl2N2O/c15-14(16)7-11(14)13(19)18-8-9-5-6-17-12-4-2-1-3-10(9)12/h1-6,11H,7-8H2,(H,18,19)/t11-/m0/s1. The van der Waals surface area contributed by atoms with Gasteiger partial charge < -0.3 is 5.32 Å². The number of amides is 1. The molecule has 0 spiro atoms. The van der Waals surface area contributed by atoms with Crippen LogP contribution in [0.15, 0.2) is 36.5 Å². The van der Waals surface area contributed by atoms with Crippen LogP contribution in [0, 0.1) is 5.92 Å². The third kappa shape index (κ3) is 2.53. The Labute approximate surface area is 120 Å². The van der Waals surface area contributed by atoms with Gasteiger partial charge in [-0.2, -0.15) is 0 Å². The highest BCUT2D eigenvalue weighted by molar-refractivity contribution is 6.52. The highest BCUT2D eigenvalue weighted by Crippen LogP contribution is 2.53. The van der Waals surface area contributed by atoms with Gasteiger partial charge in [0.25, 0.3) is 0 Å². The molecule has 1 atom stereocenters. The lowest BCUT2D eigenvalue weighted by atomic mass is 10.1. The van der Waals surface area contributed by atoms with Gasteiger partial charge >= 0.3 is 0 Å². The molecule has 19 heavy (non-hydrogen) atoms. The third-order valence-corrected chi connectivity index (χ3v) is 4.17. The van der Waals surface area contributed by atoms with Gasteiger partial charge in [0.2, 0.25) is 5.91 Å². The lowest BCUT2D eigenvalue weighted by Crippen LogP contribution is -2.26. The van der Waals surface area contributed by atoms with Crippen molar-refractivity contribution in [2.24, 2.45) is 5.92 Å². The van der Waals surface area contributed by atoms with Crippen molar-refractivity contribution >= 4 is 40.0 Å². The number of alkyl halides is 2. The second kappa shape index (κ2) is 4.66. The van der Waals surface area contributed by atoms with Crippen molar-refractivity contribution in [3.05, 3.63) is 42.1 Å². The van der Waals surface area contributed by atoms with Crippen LogP contribution in [0.1, 0.15) is 12.0 Å². The topological polar surface area (TPSA) is 42.0 Å². The van der Waals surface area contributed by atoms with Gasteiger partial charge in [-0.1, -0.05) is 18.2 Å². The predicted octanol–water partition coefficient (Wildman–Crippen LogP) is 3.04. The molecular formula is C14H12Cl2N2O. The molecule has 0 aliphatic heterocycles. The Balaban J connectivity index is 1.74. The zero-order chi connectivity index (χ0) is 13.5. The van der Waals surface area contributed by atoms with Crippen molar-refractivity contribution in [3.8, 4) is 0 Å². The molecule has 1 amide bonds. The molecule has 0 unspecified atom stereocenters. The molecule has 0 bridgehead atoms. The highest BCUT2D eigenvalue weighted by Gasteiger charge is 2.56. The second-order valence-corrected chi connectivity index (χ2v) is 6.27. The summed E-state index contributed by atoms with van der Waals surface area (Å²) in [6.45, 7) is 0.461. The van der Waals surface area contributed by atoms with Crippen LogP contribution >= 0.6 is 23.2 Å². The van der Waals surface area contributed by atoms with Crippen LogP contribution in [0.5, 0.6) is 0 Å². The zero-order valence-electron chi connectivity index (χ0n) is 10.1. The van der Waals surface area contributed by atoms with E-state index < -0.39 is 4.33 Å². The number of benzene rings is 1. The lowest BCUT2D eigenvalue weighted by Gasteiger charge is -2.08. The summed E-state index contributed by atoms with van der Waals surface area (Å²) in [4.78, 5) is 16.1. The third-order valence-electron chi connectivity index (χ3n) is 3.33. The first kappa shape index (κ1) is 12.7. The fourth-order valence-electron chi connectivity index (χ4n) is 2.11. The zero-order valence-corrected chi connectivity index (χ0v) is 11.6. The van der Waals surface area contributed by atoms with Crippen LogP contribution in [-0.2, 0) is 11.3 Å². The molecule has 0 saturated heterocycles. The molecule has 0 radical (unpaired) electrons. The van der Waals surface area contributed by atoms with E-state index in [1.54, 1.807) is 6.20 Å². The average molecular weight is 295 g/mol. The molecule has 3 rings (SSSR count). The second-order valence-electron chi connectivity index (χ2n) is 4.72. The van der Waals surface area contributed by atoms with Crippen molar-refractivity contribution in [2.45, 2.75) is 17.3 Å². The molecule has 1 aliphatic carbocycles. The fraction of sp³-hybridized carbons (Fsp3) is 0.286. The van der Waals surface area contributed by atoms with Crippen molar-refractivity contribution in [2.75, 3.05) is 0 Å². The molecule has 1 heterocycles. The molecule has 1 fully saturated rings. The monoisotopic (exact) mass is 294 g/mol. The summed E-state index contributed by atoms with van der Waals surface area (Å²) in [7, 11) is 0. The van der Waals surface area contributed by atoms with Crippen LogP contribution in [0.25, 0.3) is 10.9 Å². The summed E-state index contributed by atoms with van der Waals surface area (Å²) in [6, 6.07) is 9.75. The molecule has 5 heteroatoms. The largest absolute Gasteiger partial charge is 0.352 e. The van der Waals surface area contributed by atoms with Crippen LogP contribution in [0.4, 0.5) is 0 Å². The molecule has 1 aliphatic rings. The Morgan fingerprint density at radius 2 is 2.11 bits per heavy atom. The molecule has 1 aromatic carbocycles. The van der Waals surface area contributed by atoms with E-state index in [1.807, 2.05) is 30.3 Å². The number of aromatic nitrogens is 1. The molecule has 98 valence electrons. The highest BCUT2D eigenvalue weighted by atomic mass is 35.5. The average Bonchev–Trinajstić information content (AvgIpc) is 3.05. The van der Waals surface area contributed by atoms with E-state index in [-0.39, 0.29) is 11.8 Å². The molecule has 1 N–H and O–H groups in total. The van der Waals surface area contributed by atoms with Gasteiger partial charge in [0.15, 0.2) is 0 Å². The molecule has 2 aromatic rings. The summed E-state index contributed by atoms with van der Waals surface area (Å²) in [6.07, 6.45) is 2.27. The van der Waals surface area contributed by atoms with Gasteiger partial charge in [-0.05, 0) is 24.1 Å². The predicted molar refractivity (Wildman–Crippen MR) is 76.1 cm³/mol. The van der Waals surface area contributed by atoms with Gasteiger partial charge in [0.1, 0.15) is 4.33 Å². The van der Waals surface area contributed by atoms with Gasteiger partial charge in [-0.25, -0.2) is 0 Å². The van der Waals surface area contributed by atoms with Crippen molar-refractivity contribution in [1.29, 1.82) is 0 Å². The van der Waals surface area contributed by atoms with Crippen molar-refractivity contribution < 1.29 is 4.79 Å². The molecular weight excluding hydrogens is 283 g/mol. The Morgan fingerprint density at radius 3 is 2.84 bits per heavy atom. The Hall–Kier alpha value is -1.32. The van der Waals surface area contributed by atoms with Gasteiger partial charge in [0.05, 0.1) is 11.4 Å². The number of carbonyl (C=O) groups is 1. The van der Waals surface area contributed by atoms with Gasteiger partial charge in [-0.3, -0.25) is 9.78 Å². The summed E-state index contributed by atoms with van der Waals surface area (Å²) in [5, 5.41) is 3.92. The van der Waals surface area contributed by atoms with Crippen LogP contribution in [0.2, 0.25) is 0 Å². The maximum atomic E-state index is 11.8. The number of fused-ring (bicyclic) bond motifs is 1. The van der Waals surface area contributed by atoms with Gasteiger partial charge in [0, 0.05) is 18.1 Å². The number of hydrogen-bond acceptors (Lipinski definition) is 2. The number of nitrogens with zero attached hydrogens (tertiary/aromatic N) is 1. The minimum Gasteiger partial charge on any atom is -0.352 e. The van der Waals surface area contributed by atoms with Crippen molar-refractivity contribution in [3.63, 3.8) is 0 Å². The molecule has 1 aromatic heterocycles. The maximum Gasteiger partial charge on any atom is 0.226 e. The number of carbonyl (C=O) groups excluding carboxylic acids is 1. The van der Waals surface area contributed by atoms with Gasteiger partial charge in [-0.15, -0.1) is 23.2 Å². The number of rotatable bonds is 3. The summed E-state index contributed by atoms with van der Waals surface area (Å²) >= 11 is 11.7. The quantitative estimate of drug-likeness (QED) is 0.884. The number of halogens is 2. The summed E-state index contributed by atoms with van der Waals surface area (Å²) in [5.41, 5.74) is 1.96. The van der Waals surface area contributed by atoms with Crippen LogP contribution < -0.4 is 5.32 Å². The van der Waals surface area contributed by atoms with E-state index in [0.717, 1.165) is 16.5 Å². The Morgan fingerprint density at radius 1 is 1.37 bits per heavy atom. The molecule has 3 nitrogen and oxygen atoms in total. The molecule has 1 saturated carbocycles. The first-order valence-corrected chi connectivity index (χ1v) is 6.82. The van der Waals surface area contributed by atoms with Crippen molar-refractivity contribution in [1.82, 2.24) is 10.3 Å². The summed E-state index contributed by atoms with van der Waals surface area (Å²) in [5.74, 6) is -0.380. The summed E-state index contributed by atoms with van der Waals surface area (Å²) < 4.78 is -0.871. The Kier molecular flexibility index (Phi) is 3.11. The van der Waals surface area contributed by atoms with E-state index in [0.29, 0.717) is 13.0 Å². The van der Waals surface area contributed by atoms with E-state index in [4.69, 9.17) is 23.2 Å². The number of para-hydroxylation sites is 1. The number of pyridine rings is 1. The minimum absolute atomic E-state index is 0.0918. The van der Waals surface area contributed by atoms with E-state index >= 15 is 0 Å². The smallest absolute Gasteiger partial charge is 0.226 e. The fourth-order valence-corrected chi connectivity index (χ4v) is 2.62. The first-order valence-electron chi connectivity index (χ1n) is 6.06. The maximum absolute atomic E-state index is 11.8. The van der Waals surface area contributed by atoms with E-state index in [9.17, 15) is 4.79 Å². The number of hydrogen-bond donors (Lipinski definition) is 1. The lowest BCUT2D eigenvalue weighted by molar-refractivity contribution is -0.122. The van der Waals surface area contributed by atoms with Crippen LogP contribution in [0.3, 0.4) is 0 Å². The first-order chi connectivity index (χ1) is 9.08. The van der Waals surface area contributed by atoms with E-state index in [1.165, 1.54) is 0 Å². The Bertz CT molecular complexity index is 637. The SMILES string of the molecule is O=C(NCc1ccnc2ccccc12)[C@@H]1CC1(Cl)Cl. The van der Waals surface area contributed by atoms with E-state index in [2.05, 4.69) is 10.3 Å². The minimum atomic E-state index is -0.871. The number of nitrogens with one attached hydrogen (secondary N) is 1.